The SMILES string of the molecule is CC(=O)c1ccc(NC(=O)C(Sc2cccc(NC(=O)/C(=C/c3cccnc3)NC(=O)c3ccccc3)c2)c2ccccc2)cc1. The topological polar surface area (TPSA) is 117 Å². The van der Waals surface area contributed by atoms with Crippen molar-refractivity contribution in [2.75, 3.05) is 10.6 Å². The van der Waals surface area contributed by atoms with Gasteiger partial charge in [-0.15, -0.1) is 11.8 Å². The smallest absolute Gasteiger partial charge is 0.272 e. The molecule has 9 heteroatoms. The van der Waals surface area contributed by atoms with E-state index in [4.69, 9.17) is 0 Å². The number of ketones is 1. The molecule has 4 aromatic carbocycles. The molecule has 1 atom stereocenters. The number of hydrogen-bond acceptors (Lipinski definition) is 6. The highest BCUT2D eigenvalue weighted by Crippen LogP contribution is 2.37. The fraction of sp³-hybridized carbons (Fsp3) is 0.0541. The minimum Gasteiger partial charge on any atom is -0.325 e. The fourth-order valence-electron chi connectivity index (χ4n) is 4.45. The first-order chi connectivity index (χ1) is 22.4. The van der Waals surface area contributed by atoms with Crippen LogP contribution in [-0.4, -0.2) is 28.5 Å². The Bertz CT molecular complexity index is 1860. The maximum absolute atomic E-state index is 13.6. The average molecular weight is 627 g/mol. The Morgan fingerprint density at radius 3 is 2.11 bits per heavy atom. The molecule has 0 spiro atoms. The lowest BCUT2D eigenvalue weighted by Gasteiger charge is -2.18. The van der Waals surface area contributed by atoms with Crippen molar-refractivity contribution in [3.8, 4) is 0 Å². The number of rotatable bonds is 11. The van der Waals surface area contributed by atoms with E-state index in [1.165, 1.54) is 18.7 Å². The molecule has 0 fully saturated rings. The molecule has 0 aliphatic rings. The zero-order chi connectivity index (χ0) is 32.3. The second kappa shape index (κ2) is 15.3. The van der Waals surface area contributed by atoms with E-state index in [1.54, 1.807) is 103 Å². The van der Waals surface area contributed by atoms with Crippen molar-refractivity contribution in [3.05, 3.63) is 162 Å². The van der Waals surface area contributed by atoms with Gasteiger partial charge in [-0.2, -0.15) is 0 Å². The van der Waals surface area contributed by atoms with Crippen LogP contribution in [0.3, 0.4) is 0 Å². The summed E-state index contributed by atoms with van der Waals surface area (Å²) in [5.41, 5.74) is 3.49. The average Bonchev–Trinajstić information content (AvgIpc) is 3.08. The van der Waals surface area contributed by atoms with Gasteiger partial charge in [0.05, 0.1) is 0 Å². The lowest BCUT2D eigenvalue weighted by molar-refractivity contribution is -0.116. The standard InChI is InChI=1S/C37H30N4O4S/c1-25(42)27-17-19-30(20-18-27)39-37(45)34(28-11-4-2-5-12-28)46-32-16-8-15-31(23-32)40-36(44)33(22-26-10-9-21-38-24-26)41-35(43)29-13-6-3-7-14-29/h2-24,34H,1H3,(H,39,45)(H,40,44)(H,41,43)/b33-22-. The Hall–Kier alpha value is -5.80. The molecule has 5 aromatic rings. The molecule has 3 N–H and O–H groups in total. The predicted molar refractivity (Wildman–Crippen MR) is 181 cm³/mol. The van der Waals surface area contributed by atoms with E-state index in [0.29, 0.717) is 28.1 Å². The van der Waals surface area contributed by atoms with Gasteiger partial charge in [0.2, 0.25) is 5.91 Å². The lowest BCUT2D eigenvalue weighted by atomic mass is 10.1. The Morgan fingerprint density at radius 2 is 1.43 bits per heavy atom. The van der Waals surface area contributed by atoms with Crippen LogP contribution in [0.25, 0.3) is 6.08 Å². The molecule has 0 radical (unpaired) electrons. The van der Waals surface area contributed by atoms with Crippen LogP contribution < -0.4 is 16.0 Å². The van der Waals surface area contributed by atoms with Crippen molar-refractivity contribution < 1.29 is 19.2 Å². The number of carbonyl (C=O) groups is 4. The molecule has 0 saturated heterocycles. The van der Waals surface area contributed by atoms with E-state index in [2.05, 4.69) is 20.9 Å². The normalized spacial score (nSPS) is 11.6. The molecule has 3 amide bonds. The van der Waals surface area contributed by atoms with Crippen LogP contribution in [0, 0.1) is 0 Å². The first kappa shape index (κ1) is 31.6. The molecule has 0 saturated carbocycles. The van der Waals surface area contributed by atoms with E-state index in [0.717, 1.165) is 10.5 Å². The Balaban J connectivity index is 1.35. The number of nitrogens with one attached hydrogen (secondary N) is 3. The third kappa shape index (κ3) is 8.64. The van der Waals surface area contributed by atoms with Gasteiger partial charge in [0.15, 0.2) is 5.78 Å². The second-order valence-corrected chi connectivity index (χ2v) is 11.4. The van der Waals surface area contributed by atoms with Crippen LogP contribution in [0.15, 0.2) is 144 Å². The van der Waals surface area contributed by atoms with E-state index in [1.807, 2.05) is 36.4 Å². The van der Waals surface area contributed by atoms with Crippen LogP contribution >= 0.6 is 11.8 Å². The lowest BCUT2D eigenvalue weighted by Crippen LogP contribution is -2.30. The van der Waals surface area contributed by atoms with Gasteiger partial charge < -0.3 is 16.0 Å². The highest BCUT2D eigenvalue weighted by molar-refractivity contribution is 8.00. The Labute approximate surface area is 271 Å². The summed E-state index contributed by atoms with van der Waals surface area (Å²) in [6, 6.07) is 35.4. The third-order valence-electron chi connectivity index (χ3n) is 6.77. The van der Waals surface area contributed by atoms with Gasteiger partial charge in [-0.3, -0.25) is 24.2 Å². The van der Waals surface area contributed by atoms with Gasteiger partial charge in [0.25, 0.3) is 11.8 Å². The molecule has 46 heavy (non-hydrogen) atoms. The maximum Gasteiger partial charge on any atom is 0.272 e. The van der Waals surface area contributed by atoms with Gasteiger partial charge >= 0.3 is 0 Å². The molecular weight excluding hydrogens is 596 g/mol. The first-order valence-corrected chi connectivity index (χ1v) is 15.3. The number of pyridine rings is 1. The number of thioether (sulfide) groups is 1. The number of carbonyl (C=O) groups excluding carboxylic acids is 4. The zero-order valence-corrected chi connectivity index (χ0v) is 25.7. The molecule has 0 bridgehead atoms. The van der Waals surface area contributed by atoms with E-state index >= 15 is 0 Å². The van der Waals surface area contributed by atoms with Crippen molar-refractivity contribution in [1.29, 1.82) is 0 Å². The number of Topliss-reactive ketones (excluding diaryl/α,β-unsaturated/α-hetero) is 1. The maximum atomic E-state index is 13.6. The summed E-state index contributed by atoms with van der Waals surface area (Å²) in [4.78, 5) is 56.5. The summed E-state index contributed by atoms with van der Waals surface area (Å²) in [6.07, 6.45) is 4.77. The number of anilines is 2. The fourth-order valence-corrected chi connectivity index (χ4v) is 5.53. The van der Waals surface area contributed by atoms with Crippen molar-refractivity contribution in [2.45, 2.75) is 17.1 Å². The molecule has 228 valence electrons. The van der Waals surface area contributed by atoms with Crippen LogP contribution in [0.4, 0.5) is 11.4 Å². The van der Waals surface area contributed by atoms with Crippen LogP contribution in [0.1, 0.15) is 44.0 Å². The number of benzene rings is 4. The van der Waals surface area contributed by atoms with Gasteiger partial charge in [-0.25, -0.2) is 0 Å². The van der Waals surface area contributed by atoms with Gasteiger partial charge in [0, 0.05) is 39.8 Å². The second-order valence-electron chi connectivity index (χ2n) is 10.2. The third-order valence-corrected chi connectivity index (χ3v) is 8.02. The van der Waals surface area contributed by atoms with E-state index in [-0.39, 0.29) is 17.4 Å². The quantitative estimate of drug-likeness (QED) is 0.0813. The Morgan fingerprint density at radius 1 is 0.717 bits per heavy atom. The number of nitrogens with zero attached hydrogens (tertiary/aromatic N) is 1. The highest BCUT2D eigenvalue weighted by Gasteiger charge is 2.23. The van der Waals surface area contributed by atoms with Crippen LogP contribution in [0.2, 0.25) is 0 Å². The monoisotopic (exact) mass is 626 g/mol. The molecular formula is C37H30N4O4S. The molecule has 8 nitrogen and oxygen atoms in total. The molecule has 0 aliphatic carbocycles. The molecule has 1 unspecified atom stereocenters. The molecule has 5 rings (SSSR count). The Kier molecular flexibility index (Phi) is 10.5. The molecule has 0 aliphatic heterocycles. The first-order valence-electron chi connectivity index (χ1n) is 14.4. The summed E-state index contributed by atoms with van der Waals surface area (Å²) < 4.78 is 0. The van der Waals surface area contributed by atoms with Gasteiger partial charge in [0.1, 0.15) is 10.9 Å². The van der Waals surface area contributed by atoms with E-state index < -0.39 is 17.1 Å². The summed E-state index contributed by atoms with van der Waals surface area (Å²) in [5, 5.41) is 7.93. The minimum atomic E-state index is -0.620. The van der Waals surface area contributed by atoms with Gasteiger partial charge in [-0.1, -0.05) is 60.7 Å². The highest BCUT2D eigenvalue weighted by atomic mass is 32.2. The number of aromatic nitrogens is 1. The number of amides is 3. The number of hydrogen-bond donors (Lipinski definition) is 3. The summed E-state index contributed by atoms with van der Waals surface area (Å²) in [6.45, 7) is 1.49. The summed E-state index contributed by atoms with van der Waals surface area (Å²) in [7, 11) is 0. The van der Waals surface area contributed by atoms with Crippen LogP contribution in [-0.2, 0) is 9.59 Å². The largest absolute Gasteiger partial charge is 0.325 e. The summed E-state index contributed by atoms with van der Waals surface area (Å²) >= 11 is 1.33. The van der Waals surface area contributed by atoms with Crippen LogP contribution in [0.5, 0.6) is 0 Å². The van der Waals surface area contributed by atoms with Crippen molar-refractivity contribution >= 4 is 52.7 Å². The van der Waals surface area contributed by atoms with Crippen molar-refractivity contribution in [2.24, 2.45) is 0 Å². The van der Waals surface area contributed by atoms with Crippen molar-refractivity contribution in [3.63, 3.8) is 0 Å². The summed E-state index contributed by atoms with van der Waals surface area (Å²) in [5.74, 6) is -1.25. The molecule has 1 heterocycles. The zero-order valence-electron chi connectivity index (χ0n) is 24.8. The van der Waals surface area contributed by atoms with Crippen molar-refractivity contribution in [1.82, 2.24) is 10.3 Å². The van der Waals surface area contributed by atoms with Gasteiger partial charge in [-0.05, 0) is 84.8 Å². The predicted octanol–water partition coefficient (Wildman–Crippen LogP) is 7.17. The minimum absolute atomic E-state index is 0.0391. The van der Waals surface area contributed by atoms with E-state index in [9.17, 15) is 19.2 Å². The molecule has 1 aromatic heterocycles.